The lowest BCUT2D eigenvalue weighted by atomic mass is 10.1. The van der Waals surface area contributed by atoms with Crippen molar-refractivity contribution in [2.24, 2.45) is 0 Å². The fourth-order valence-electron chi connectivity index (χ4n) is 2.42. The van der Waals surface area contributed by atoms with Crippen LogP contribution in [0.15, 0.2) is 67.0 Å². The van der Waals surface area contributed by atoms with Gasteiger partial charge in [-0.2, -0.15) is 0 Å². The van der Waals surface area contributed by atoms with E-state index in [0.717, 1.165) is 0 Å². The topological polar surface area (TPSA) is 72.4 Å². The maximum Gasteiger partial charge on any atom is 0.273 e. The molecular weight excluding hydrogens is 354 g/mol. The minimum absolute atomic E-state index is 0.210. The van der Waals surface area contributed by atoms with Gasteiger partial charge in [0.15, 0.2) is 0 Å². The molecule has 0 radical (unpaired) electrons. The lowest BCUT2D eigenvalue weighted by molar-refractivity contribution is 0.0845. The van der Waals surface area contributed by atoms with E-state index in [1.54, 1.807) is 36.4 Å². The van der Waals surface area contributed by atoms with Crippen LogP contribution in [-0.2, 0) is 0 Å². The van der Waals surface area contributed by atoms with E-state index in [1.165, 1.54) is 13.2 Å². The third-order valence-corrected chi connectivity index (χ3v) is 4.02. The van der Waals surface area contributed by atoms with Crippen molar-refractivity contribution >= 4 is 23.4 Å². The number of ether oxygens (including phenoxy) is 1. The number of benzene rings is 2. The number of aromatic nitrogens is 1. The zero-order valence-electron chi connectivity index (χ0n) is 13.9. The third-order valence-electron chi connectivity index (χ3n) is 3.72. The quantitative estimate of drug-likeness (QED) is 0.693. The Bertz CT molecular complexity index is 925. The molecular formula is C19H16ClN3O3. The molecule has 0 atom stereocenters. The molecule has 6 nitrogen and oxygen atoms in total. The molecule has 0 unspecified atom stereocenters. The van der Waals surface area contributed by atoms with Gasteiger partial charge in [-0.1, -0.05) is 29.8 Å². The summed E-state index contributed by atoms with van der Waals surface area (Å²) in [4.78, 5) is 24.5. The Morgan fingerprint density at radius 1 is 0.962 bits per heavy atom. The van der Waals surface area contributed by atoms with Gasteiger partial charge in [0.05, 0.1) is 23.4 Å². The zero-order valence-corrected chi connectivity index (χ0v) is 14.7. The van der Waals surface area contributed by atoms with Crippen LogP contribution >= 0.6 is 11.6 Å². The summed E-state index contributed by atoms with van der Waals surface area (Å²) in [6, 6.07) is 15.4. The van der Waals surface area contributed by atoms with Gasteiger partial charge in [-0.25, -0.2) is 0 Å². The summed E-state index contributed by atoms with van der Waals surface area (Å²) in [5, 5.41) is 0.376. The first-order valence-corrected chi connectivity index (χ1v) is 8.14. The molecule has 2 N–H and O–H groups in total. The number of hydrogen-bond donors (Lipinski definition) is 2. The van der Waals surface area contributed by atoms with Crippen molar-refractivity contribution in [3.8, 4) is 11.4 Å². The van der Waals surface area contributed by atoms with Crippen LogP contribution in [0.5, 0.6) is 5.75 Å². The molecule has 0 aliphatic heterocycles. The highest BCUT2D eigenvalue weighted by Crippen LogP contribution is 2.29. The summed E-state index contributed by atoms with van der Waals surface area (Å²) in [7, 11) is 1.46. The van der Waals surface area contributed by atoms with E-state index >= 15 is 0 Å². The number of hydrazine groups is 1. The van der Waals surface area contributed by atoms with E-state index in [1.807, 2.05) is 29.1 Å². The molecule has 132 valence electrons. The second-order valence-corrected chi connectivity index (χ2v) is 5.78. The lowest BCUT2D eigenvalue weighted by Crippen LogP contribution is -2.41. The molecule has 0 fully saturated rings. The number of hydrogen-bond acceptors (Lipinski definition) is 3. The highest BCUT2D eigenvalue weighted by Gasteiger charge is 2.17. The molecule has 0 spiro atoms. The second-order valence-electron chi connectivity index (χ2n) is 5.37. The monoisotopic (exact) mass is 369 g/mol. The largest absolute Gasteiger partial charge is 0.496 e. The summed E-state index contributed by atoms with van der Waals surface area (Å²) in [6.07, 6.45) is 3.67. The standard InChI is InChI=1S/C19H16ClN3O3/c1-26-17-12-16(23-9-5-6-10-23)15(20)11-14(17)19(25)22-21-18(24)13-7-3-2-4-8-13/h2-12H,1H3,(H,21,24)(H,22,25). The van der Waals surface area contributed by atoms with Crippen LogP contribution in [0.2, 0.25) is 5.02 Å². The van der Waals surface area contributed by atoms with Gasteiger partial charge in [0, 0.05) is 24.0 Å². The van der Waals surface area contributed by atoms with Crippen molar-refractivity contribution in [3.63, 3.8) is 0 Å². The molecule has 0 bridgehead atoms. The van der Waals surface area contributed by atoms with E-state index in [2.05, 4.69) is 10.9 Å². The van der Waals surface area contributed by atoms with Crippen LogP contribution in [-0.4, -0.2) is 23.5 Å². The SMILES string of the molecule is COc1cc(-n2cccc2)c(Cl)cc1C(=O)NNC(=O)c1ccccc1. The number of carbonyl (C=O) groups is 2. The molecule has 2 amide bonds. The lowest BCUT2D eigenvalue weighted by Gasteiger charge is -2.14. The number of methoxy groups -OCH3 is 1. The van der Waals surface area contributed by atoms with Gasteiger partial charge in [-0.05, 0) is 30.3 Å². The summed E-state index contributed by atoms with van der Waals surface area (Å²) in [5.74, 6) is -0.621. The van der Waals surface area contributed by atoms with Crippen molar-refractivity contribution in [2.45, 2.75) is 0 Å². The average Bonchev–Trinajstić information content (AvgIpc) is 3.20. The van der Waals surface area contributed by atoms with E-state index in [4.69, 9.17) is 16.3 Å². The predicted molar refractivity (Wildman–Crippen MR) is 98.7 cm³/mol. The summed E-state index contributed by atoms with van der Waals surface area (Å²) in [5.41, 5.74) is 6.06. The smallest absolute Gasteiger partial charge is 0.273 e. The Labute approximate surface area is 155 Å². The summed E-state index contributed by atoms with van der Waals surface area (Å²) in [6.45, 7) is 0. The number of nitrogens with one attached hydrogen (secondary N) is 2. The number of amides is 2. The Morgan fingerprint density at radius 2 is 1.62 bits per heavy atom. The first kappa shape index (κ1) is 17.6. The van der Waals surface area contributed by atoms with Gasteiger partial charge in [-0.15, -0.1) is 0 Å². The van der Waals surface area contributed by atoms with E-state index in [9.17, 15) is 9.59 Å². The van der Waals surface area contributed by atoms with E-state index < -0.39 is 11.8 Å². The van der Waals surface area contributed by atoms with Crippen molar-refractivity contribution in [1.29, 1.82) is 0 Å². The van der Waals surface area contributed by atoms with E-state index in [0.29, 0.717) is 22.0 Å². The Hall–Kier alpha value is -3.25. The molecule has 7 heteroatoms. The number of carbonyl (C=O) groups excluding carboxylic acids is 2. The van der Waals surface area contributed by atoms with Crippen LogP contribution in [0.4, 0.5) is 0 Å². The Morgan fingerprint density at radius 3 is 2.27 bits per heavy atom. The van der Waals surface area contributed by atoms with Gasteiger partial charge in [0.1, 0.15) is 5.75 Å². The highest BCUT2D eigenvalue weighted by molar-refractivity contribution is 6.33. The molecule has 0 saturated carbocycles. The Balaban J connectivity index is 1.79. The molecule has 3 aromatic rings. The van der Waals surface area contributed by atoms with E-state index in [-0.39, 0.29) is 5.56 Å². The minimum atomic E-state index is -0.535. The maximum absolute atomic E-state index is 12.4. The van der Waals surface area contributed by atoms with Gasteiger partial charge in [0.2, 0.25) is 0 Å². The second kappa shape index (κ2) is 7.76. The number of nitrogens with zero attached hydrogens (tertiary/aromatic N) is 1. The predicted octanol–water partition coefficient (Wildman–Crippen LogP) is 3.21. The first-order chi connectivity index (χ1) is 12.6. The van der Waals surface area contributed by atoms with Gasteiger partial charge in [-0.3, -0.25) is 20.4 Å². The fraction of sp³-hybridized carbons (Fsp3) is 0.0526. The van der Waals surface area contributed by atoms with Crippen LogP contribution in [0.1, 0.15) is 20.7 Å². The van der Waals surface area contributed by atoms with Crippen molar-refractivity contribution in [1.82, 2.24) is 15.4 Å². The molecule has 3 rings (SSSR count). The van der Waals surface area contributed by atoms with Crippen LogP contribution in [0.25, 0.3) is 5.69 Å². The van der Waals surface area contributed by atoms with Gasteiger partial charge < -0.3 is 9.30 Å². The molecule has 0 aliphatic rings. The molecule has 1 heterocycles. The van der Waals surface area contributed by atoms with Crippen LogP contribution in [0.3, 0.4) is 0 Å². The first-order valence-electron chi connectivity index (χ1n) is 7.76. The fourth-order valence-corrected chi connectivity index (χ4v) is 2.69. The third kappa shape index (κ3) is 3.70. The summed E-state index contributed by atoms with van der Waals surface area (Å²) < 4.78 is 7.12. The molecule has 0 aliphatic carbocycles. The minimum Gasteiger partial charge on any atom is -0.496 e. The Kier molecular flexibility index (Phi) is 5.24. The highest BCUT2D eigenvalue weighted by atomic mass is 35.5. The molecule has 26 heavy (non-hydrogen) atoms. The number of halogens is 1. The van der Waals surface area contributed by atoms with Crippen LogP contribution < -0.4 is 15.6 Å². The van der Waals surface area contributed by atoms with Crippen LogP contribution in [0, 0.1) is 0 Å². The zero-order chi connectivity index (χ0) is 18.5. The molecule has 1 aromatic heterocycles. The van der Waals surface area contributed by atoms with Gasteiger partial charge in [0.25, 0.3) is 11.8 Å². The van der Waals surface area contributed by atoms with Crippen molar-refractivity contribution in [3.05, 3.63) is 83.1 Å². The summed E-state index contributed by atoms with van der Waals surface area (Å²) >= 11 is 6.31. The van der Waals surface area contributed by atoms with Crippen molar-refractivity contribution < 1.29 is 14.3 Å². The number of rotatable bonds is 4. The van der Waals surface area contributed by atoms with Gasteiger partial charge >= 0.3 is 0 Å². The average molecular weight is 370 g/mol. The molecule has 0 saturated heterocycles. The van der Waals surface area contributed by atoms with Crippen molar-refractivity contribution in [2.75, 3.05) is 7.11 Å². The normalized spacial score (nSPS) is 10.2. The molecule has 2 aromatic carbocycles. The maximum atomic E-state index is 12.4.